The summed E-state index contributed by atoms with van der Waals surface area (Å²) in [5.74, 6) is -0.151. The third kappa shape index (κ3) is 5.77. The molecule has 162 valence electrons. The van der Waals surface area contributed by atoms with Crippen LogP contribution in [0.2, 0.25) is 5.02 Å². The molecule has 3 aromatic rings. The zero-order valence-corrected chi connectivity index (χ0v) is 18.1. The molecule has 0 aliphatic carbocycles. The monoisotopic (exact) mass is 450 g/mol. The lowest BCUT2D eigenvalue weighted by Gasteiger charge is -2.15. The first-order valence-corrected chi connectivity index (χ1v) is 9.92. The Kier molecular flexibility index (Phi) is 7.31. The highest BCUT2D eigenvalue weighted by atomic mass is 35.5. The van der Waals surface area contributed by atoms with Gasteiger partial charge in [-0.3, -0.25) is 14.6 Å². The Hall–Kier alpha value is -4.03. The van der Waals surface area contributed by atoms with Crippen molar-refractivity contribution >= 4 is 29.2 Å². The summed E-state index contributed by atoms with van der Waals surface area (Å²) in [7, 11) is 1.50. The fraction of sp³-hybridized carbons (Fsp3) is 0.182. The molecular formula is C22H19ClN6O3. The van der Waals surface area contributed by atoms with Crippen molar-refractivity contribution in [1.82, 2.24) is 20.3 Å². The minimum atomic E-state index is -0.766. The molecule has 0 saturated carbocycles. The van der Waals surface area contributed by atoms with Crippen LogP contribution in [0.25, 0.3) is 11.3 Å². The van der Waals surface area contributed by atoms with Crippen LogP contribution in [0.3, 0.4) is 0 Å². The van der Waals surface area contributed by atoms with Crippen molar-refractivity contribution in [3.05, 3.63) is 65.2 Å². The number of carbonyl (C=O) groups excluding carboxylic acids is 2. The summed E-state index contributed by atoms with van der Waals surface area (Å²) in [5, 5.41) is 14.3. The van der Waals surface area contributed by atoms with Gasteiger partial charge in [-0.15, -0.1) is 0 Å². The lowest BCUT2D eigenvalue weighted by atomic mass is 10.1. The van der Waals surface area contributed by atoms with Gasteiger partial charge in [0.1, 0.15) is 28.4 Å². The molecule has 0 aromatic carbocycles. The molecule has 0 radical (unpaired) electrons. The van der Waals surface area contributed by atoms with E-state index in [1.54, 1.807) is 43.6 Å². The Labute approximate surface area is 189 Å². The highest BCUT2D eigenvalue weighted by molar-refractivity contribution is 6.32. The maximum atomic E-state index is 12.4. The number of hydrogen-bond donors (Lipinski definition) is 2. The number of nitriles is 1. The molecule has 9 nitrogen and oxygen atoms in total. The fourth-order valence-corrected chi connectivity index (χ4v) is 2.90. The van der Waals surface area contributed by atoms with Crippen molar-refractivity contribution in [3.8, 4) is 23.1 Å². The van der Waals surface area contributed by atoms with Crippen LogP contribution in [-0.4, -0.2) is 39.9 Å². The Morgan fingerprint density at radius 2 is 2.00 bits per heavy atom. The van der Waals surface area contributed by atoms with Crippen LogP contribution in [-0.2, 0) is 16.0 Å². The SMILES string of the molecule is CNC(=O)C(C)Oc1cc(NC(=O)Cc2ccc(-c3ccnc(C#N)c3)nc2)ncc1Cl. The molecule has 1 unspecified atom stereocenters. The van der Waals surface area contributed by atoms with Crippen molar-refractivity contribution in [2.24, 2.45) is 0 Å². The molecule has 0 saturated heterocycles. The maximum absolute atomic E-state index is 12.4. The molecule has 1 atom stereocenters. The van der Waals surface area contributed by atoms with Gasteiger partial charge in [-0.1, -0.05) is 17.7 Å². The van der Waals surface area contributed by atoms with Gasteiger partial charge in [0.25, 0.3) is 5.91 Å². The number of anilines is 1. The first kappa shape index (κ1) is 22.7. The predicted molar refractivity (Wildman–Crippen MR) is 118 cm³/mol. The summed E-state index contributed by atoms with van der Waals surface area (Å²) in [5.41, 5.74) is 2.42. The third-order valence-electron chi connectivity index (χ3n) is 4.37. The van der Waals surface area contributed by atoms with Crippen molar-refractivity contribution in [2.75, 3.05) is 12.4 Å². The highest BCUT2D eigenvalue weighted by Crippen LogP contribution is 2.27. The molecule has 0 spiro atoms. The molecule has 3 heterocycles. The van der Waals surface area contributed by atoms with Crippen LogP contribution in [0, 0.1) is 11.3 Å². The molecule has 0 aliphatic rings. The van der Waals surface area contributed by atoms with E-state index in [0.717, 1.165) is 5.56 Å². The molecule has 2 amide bonds. The largest absolute Gasteiger partial charge is 0.479 e. The topological polar surface area (TPSA) is 130 Å². The minimum absolute atomic E-state index is 0.0716. The predicted octanol–water partition coefficient (Wildman–Crippen LogP) is 2.76. The third-order valence-corrected chi connectivity index (χ3v) is 4.65. The van der Waals surface area contributed by atoms with Crippen molar-refractivity contribution in [1.29, 1.82) is 5.26 Å². The first-order valence-electron chi connectivity index (χ1n) is 9.54. The van der Waals surface area contributed by atoms with Gasteiger partial charge in [0.2, 0.25) is 5.91 Å². The van der Waals surface area contributed by atoms with Crippen molar-refractivity contribution in [2.45, 2.75) is 19.4 Å². The van der Waals surface area contributed by atoms with E-state index in [0.29, 0.717) is 17.0 Å². The van der Waals surface area contributed by atoms with E-state index >= 15 is 0 Å². The Morgan fingerprint density at radius 1 is 1.19 bits per heavy atom. The summed E-state index contributed by atoms with van der Waals surface area (Å²) >= 11 is 6.08. The van der Waals surface area contributed by atoms with Crippen LogP contribution >= 0.6 is 11.6 Å². The molecule has 10 heteroatoms. The average molecular weight is 451 g/mol. The van der Waals surface area contributed by atoms with Gasteiger partial charge in [-0.05, 0) is 30.7 Å². The molecule has 3 aromatic heterocycles. The second-order valence-electron chi connectivity index (χ2n) is 6.69. The quantitative estimate of drug-likeness (QED) is 0.566. The summed E-state index contributed by atoms with van der Waals surface area (Å²) < 4.78 is 5.54. The number of halogens is 1. The number of hydrogen-bond acceptors (Lipinski definition) is 7. The van der Waals surface area contributed by atoms with E-state index in [-0.39, 0.29) is 34.8 Å². The van der Waals surface area contributed by atoms with Gasteiger partial charge in [-0.2, -0.15) is 5.26 Å². The molecule has 2 N–H and O–H groups in total. The van der Waals surface area contributed by atoms with E-state index in [1.807, 2.05) is 6.07 Å². The van der Waals surface area contributed by atoms with Gasteiger partial charge >= 0.3 is 0 Å². The standard InChI is InChI=1S/C22H19ClN6O3/c1-13(22(31)25-2)32-19-9-20(28-12-17(19)23)29-21(30)7-14-3-4-18(27-11-14)15-5-6-26-16(8-15)10-24/h3-6,8-9,11-13H,7H2,1-2H3,(H,25,31)(H,28,29,30). The summed E-state index contributed by atoms with van der Waals surface area (Å²) in [4.78, 5) is 36.4. The second kappa shape index (κ2) is 10.3. The Bertz CT molecular complexity index is 1180. The zero-order chi connectivity index (χ0) is 23.1. The normalized spacial score (nSPS) is 11.2. The summed E-state index contributed by atoms with van der Waals surface area (Å²) in [6.07, 6.45) is 3.78. The number of nitrogens with one attached hydrogen (secondary N) is 2. The lowest BCUT2D eigenvalue weighted by molar-refractivity contribution is -0.126. The molecule has 0 fully saturated rings. The van der Waals surface area contributed by atoms with E-state index in [4.69, 9.17) is 21.6 Å². The summed E-state index contributed by atoms with van der Waals surface area (Å²) in [6, 6.07) is 10.4. The van der Waals surface area contributed by atoms with Crippen molar-refractivity contribution < 1.29 is 14.3 Å². The minimum Gasteiger partial charge on any atom is -0.479 e. The van der Waals surface area contributed by atoms with Gasteiger partial charge in [0.15, 0.2) is 6.10 Å². The first-order chi connectivity index (χ1) is 15.4. The number of carbonyl (C=O) groups is 2. The number of nitrogens with zero attached hydrogens (tertiary/aromatic N) is 4. The molecule has 0 bridgehead atoms. The van der Waals surface area contributed by atoms with Gasteiger partial charge in [-0.25, -0.2) is 9.97 Å². The maximum Gasteiger partial charge on any atom is 0.260 e. The molecule has 32 heavy (non-hydrogen) atoms. The molecule has 0 aliphatic heterocycles. The van der Waals surface area contributed by atoms with Gasteiger partial charge in [0, 0.05) is 31.1 Å². The highest BCUT2D eigenvalue weighted by Gasteiger charge is 2.16. The summed E-state index contributed by atoms with van der Waals surface area (Å²) in [6.45, 7) is 1.58. The smallest absolute Gasteiger partial charge is 0.260 e. The number of pyridine rings is 3. The molecular weight excluding hydrogens is 432 g/mol. The fourth-order valence-electron chi connectivity index (χ4n) is 2.75. The lowest BCUT2D eigenvalue weighted by Crippen LogP contribution is -2.33. The van der Waals surface area contributed by atoms with Crippen LogP contribution in [0.5, 0.6) is 5.75 Å². The van der Waals surface area contributed by atoms with Gasteiger partial charge in [0.05, 0.1) is 18.3 Å². The van der Waals surface area contributed by atoms with Crippen LogP contribution in [0.15, 0.2) is 48.9 Å². The molecule has 3 rings (SSSR count). The van der Waals surface area contributed by atoms with Crippen LogP contribution in [0.1, 0.15) is 18.2 Å². The number of rotatable bonds is 7. The number of ether oxygens (including phenoxy) is 1. The van der Waals surface area contributed by atoms with E-state index in [1.165, 1.54) is 19.3 Å². The number of aromatic nitrogens is 3. The van der Waals surface area contributed by atoms with E-state index in [9.17, 15) is 9.59 Å². The Balaban J connectivity index is 1.65. The van der Waals surface area contributed by atoms with Gasteiger partial charge < -0.3 is 15.4 Å². The van der Waals surface area contributed by atoms with Crippen LogP contribution in [0.4, 0.5) is 5.82 Å². The van der Waals surface area contributed by atoms with Crippen LogP contribution < -0.4 is 15.4 Å². The zero-order valence-electron chi connectivity index (χ0n) is 17.3. The number of likely N-dealkylation sites (N-methyl/N-ethyl adjacent to an activating group) is 1. The second-order valence-corrected chi connectivity index (χ2v) is 7.10. The van der Waals surface area contributed by atoms with E-state index < -0.39 is 6.10 Å². The average Bonchev–Trinajstić information content (AvgIpc) is 2.81. The Morgan fingerprint density at radius 3 is 2.69 bits per heavy atom. The van der Waals surface area contributed by atoms with E-state index in [2.05, 4.69) is 25.6 Å². The van der Waals surface area contributed by atoms with Crippen molar-refractivity contribution in [3.63, 3.8) is 0 Å². The number of amides is 2.